The van der Waals surface area contributed by atoms with E-state index in [1.54, 1.807) is 19.5 Å². The van der Waals surface area contributed by atoms with E-state index >= 15 is 0 Å². The Morgan fingerprint density at radius 1 is 1.47 bits per heavy atom. The van der Waals surface area contributed by atoms with Gasteiger partial charge in [0.15, 0.2) is 5.82 Å². The van der Waals surface area contributed by atoms with E-state index in [2.05, 4.69) is 14.9 Å². The zero-order valence-electron chi connectivity index (χ0n) is 10.1. The molecule has 2 heterocycles. The van der Waals surface area contributed by atoms with E-state index in [-0.39, 0.29) is 0 Å². The highest BCUT2D eigenvalue weighted by atomic mass is 35.5. The lowest BCUT2D eigenvalue weighted by Gasteiger charge is -2.36. The van der Waals surface area contributed by atoms with E-state index in [1.165, 1.54) is 19.3 Å². The molecular weight excluding hydrogens is 238 g/mol. The number of aromatic nitrogens is 2. The Hall–Kier alpha value is -1.03. The van der Waals surface area contributed by atoms with Crippen LogP contribution in [0.4, 0.5) is 5.82 Å². The third kappa shape index (κ3) is 3.00. The number of ether oxygens (including phenoxy) is 1. The van der Waals surface area contributed by atoms with Gasteiger partial charge in [-0.05, 0) is 25.7 Å². The molecule has 4 nitrogen and oxygen atoms in total. The van der Waals surface area contributed by atoms with Gasteiger partial charge < -0.3 is 9.64 Å². The molecule has 0 amide bonds. The van der Waals surface area contributed by atoms with Gasteiger partial charge >= 0.3 is 0 Å². The van der Waals surface area contributed by atoms with E-state index in [0.717, 1.165) is 18.8 Å². The first-order chi connectivity index (χ1) is 8.35. The normalized spacial score (nSPS) is 20.4. The average Bonchev–Trinajstić information content (AvgIpc) is 2.40. The average molecular weight is 256 g/mol. The molecule has 0 radical (unpaired) electrons. The van der Waals surface area contributed by atoms with Crippen molar-refractivity contribution in [3.63, 3.8) is 0 Å². The molecule has 5 heteroatoms. The van der Waals surface area contributed by atoms with Crippen LogP contribution >= 0.6 is 11.6 Å². The summed E-state index contributed by atoms with van der Waals surface area (Å²) >= 11 is 5.86. The Morgan fingerprint density at radius 3 is 3.12 bits per heavy atom. The van der Waals surface area contributed by atoms with E-state index < -0.39 is 0 Å². The fourth-order valence-electron chi connectivity index (χ4n) is 2.30. The zero-order chi connectivity index (χ0) is 12.1. The monoisotopic (exact) mass is 255 g/mol. The molecule has 0 spiro atoms. The van der Waals surface area contributed by atoms with Crippen LogP contribution in [-0.2, 0) is 0 Å². The van der Waals surface area contributed by atoms with Crippen LogP contribution in [0.25, 0.3) is 0 Å². The molecule has 0 aromatic carbocycles. The number of hydrogen-bond donors (Lipinski definition) is 0. The predicted octanol–water partition coefficient (Wildman–Crippen LogP) is 2.47. The molecule has 0 aliphatic carbocycles. The summed E-state index contributed by atoms with van der Waals surface area (Å²) in [7, 11) is 1.61. The van der Waals surface area contributed by atoms with Gasteiger partial charge in [0.2, 0.25) is 5.88 Å². The molecule has 1 unspecified atom stereocenters. The van der Waals surface area contributed by atoms with E-state index in [1.807, 2.05) is 0 Å². The number of alkyl halides is 1. The van der Waals surface area contributed by atoms with E-state index in [9.17, 15) is 0 Å². The number of anilines is 1. The van der Waals surface area contributed by atoms with Crippen molar-refractivity contribution in [2.75, 3.05) is 24.4 Å². The molecular formula is C12H18ClN3O. The lowest BCUT2D eigenvalue weighted by molar-refractivity contribution is 0.392. The van der Waals surface area contributed by atoms with E-state index in [4.69, 9.17) is 16.3 Å². The Bertz CT molecular complexity index is 359. The van der Waals surface area contributed by atoms with Gasteiger partial charge in [-0.15, -0.1) is 11.6 Å². The lowest BCUT2D eigenvalue weighted by atomic mass is 10.0. The highest BCUT2D eigenvalue weighted by Crippen LogP contribution is 2.25. The molecule has 1 atom stereocenters. The third-order valence-corrected chi connectivity index (χ3v) is 3.39. The largest absolute Gasteiger partial charge is 0.480 e. The second-order valence-corrected chi connectivity index (χ2v) is 4.62. The predicted molar refractivity (Wildman–Crippen MR) is 68.9 cm³/mol. The van der Waals surface area contributed by atoms with Crippen LogP contribution < -0.4 is 9.64 Å². The van der Waals surface area contributed by atoms with Gasteiger partial charge in [-0.2, -0.15) is 4.98 Å². The summed E-state index contributed by atoms with van der Waals surface area (Å²) in [5.74, 6) is 2.16. The first kappa shape index (κ1) is 12.4. The van der Waals surface area contributed by atoms with Crippen molar-refractivity contribution in [2.45, 2.75) is 31.7 Å². The minimum atomic E-state index is 0.489. The Kier molecular flexibility index (Phi) is 4.42. The maximum Gasteiger partial charge on any atom is 0.233 e. The zero-order valence-corrected chi connectivity index (χ0v) is 10.9. The third-order valence-electron chi connectivity index (χ3n) is 3.17. The van der Waals surface area contributed by atoms with Crippen LogP contribution in [0.15, 0.2) is 12.4 Å². The second kappa shape index (κ2) is 6.05. The molecule has 2 rings (SSSR count). The number of piperidine rings is 1. The van der Waals surface area contributed by atoms with Crippen molar-refractivity contribution in [2.24, 2.45) is 0 Å². The Labute approximate surface area is 107 Å². The number of methoxy groups -OCH3 is 1. The van der Waals surface area contributed by atoms with Crippen molar-refractivity contribution < 1.29 is 4.74 Å². The summed E-state index contributed by atoms with van der Waals surface area (Å²) in [6, 6.07) is 0.489. The van der Waals surface area contributed by atoms with Crippen molar-refractivity contribution in [1.82, 2.24) is 9.97 Å². The fourth-order valence-corrected chi connectivity index (χ4v) is 2.56. The van der Waals surface area contributed by atoms with Gasteiger partial charge in [0.25, 0.3) is 0 Å². The summed E-state index contributed by atoms with van der Waals surface area (Å²) in [6.45, 7) is 1.03. The molecule has 0 saturated carbocycles. The molecule has 1 aliphatic heterocycles. The fraction of sp³-hybridized carbons (Fsp3) is 0.667. The van der Waals surface area contributed by atoms with Crippen LogP contribution in [0.5, 0.6) is 5.88 Å². The quantitative estimate of drug-likeness (QED) is 0.775. The van der Waals surface area contributed by atoms with Gasteiger partial charge in [-0.25, -0.2) is 0 Å². The summed E-state index contributed by atoms with van der Waals surface area (Å²) in [5.41, 5.74) is 0. The molecule has 1 aromatic heterocycles. The van der Waals surface area contributed by atoms with Gasteiger partial charge in [0.1, 0.15) is 0 Å². The summed E-state index contributed by atoms with van der Waals surface area (Å²) in [5, 5.41) is 0. The summed E-state index contributed by atoms with van der Waals surface area (Å²) in [4.78, 5) is 10.9. The topological polar surface area (TPSA) is 38.2 Å². The summed E-state index contributed by atoms with van der Waals surface area (Å²) < 4.78 is 5.11. The van der Waals surface area contributed by atoms with Crippen LogP contribution in [0.3, 0.4) is 0 Å². The van der Waals surface area contributed by atoms with Gasteiger partial charge in [-0.1, -0.05) is 0 Å². The maximum absolute atomic E-state index is 5.86. The molecule has 17 heavy (non-hydrogen) atoms. The maximum atomic E-state index is 5.86. The first-order valence-electron chi connectivity index (χ1n) is 6.04. The lowest BCUT2D eigenvalue weighted by Crippen LogP contribution is -2.40. The molecule has 1 aliphatic rings. The molecule has 1 fully saturated rings. The van der Waals surface area contributed by atoms with Crippen LogP contribution in [0.1, 0.15) is 25.7 Å². The molecule has 94 valence electrons. The second-order valence-electron chi connectivity index (χ2n) is 4.24. The van der Waals surface area contributed by atoms with Crippen molar-refractivity contribution in [1.29, 1.82) is 0 Å². The van der Waals surface area contributed by atoms with Crippen molar-refractivity contribution >= 4 is 17.4 Å². The highest BCUT2D eigenvalue weighted by molar-refractivity contribution is 6.17. The van der Waals surface area contributed by atoms with Crippen LogP contribution in [0.2, 0.25) is 0 Å². The van der Waals surface area contributed by atoms with E-state index in [0.29, 0.717) is 17.8 Å². The van der Waals surface area contributed by atoms with Gasteiger partial charge in [-0.3, -0.25) is 4.98 Å². The number of nitrogens with zero attached hydrogens (tertiary/aromatic N) is 3. The minimum Gasteiger partial charge on any atom is -0.480 e. The summed E-state index contributed by atoms with van der Waals surface area (Å²) in [6.07, 6.45) is 8.10. The Balaban J connectivity index is 2.16. The number of rotatable bonds is 4. The van der Waals surface area contributed by atoms with Crippen LogP contribution in [0, 0.1) is 0 Å². The Morgan fingerprint density at radius 2 is 2.35 bits per heavy atom. The van der Waals surface area contributed by atoms with Gasteiger partial charge in [0.05, 0.1) is 19.5 Å². The number of halogens is 1. The molecule has 0 bridgehead atoms. The highest BCUT2D eigenvalue weighted by Gasteiger charge is 2.23. The van der Waals surface area contributed by atoms with Crippen molar-refractivity contribution in [3.8, 4) is 5.88 Å². The standard InChI is InChI=1S/C12H18ClN3O/c1-17-12-9-14-8-11(15-12)16-7-3-2-4-10(16)5-6-13/h8-10H,2-7H2,1H3. The molecule has 0 N–H and O–H groups in total. The van der Waals surface area contributed by atoms with Crippen LogP contribution in [-0.4, -0.2) is 35.5 Å². The molecule has 1 aromatic rings. The minimum absolute atomic E-state index is 0.489. The number of hydrogen-bond acceptors (Lipinski definition) is 4. The SMILES string of the molecule is COc1cncc(N2CCCCC2CCCl)n1. The smallest absolute Gasteiger partial charge is 0.233 e. The van der Waals surface area contributed by atoms with Crippen molar-refractivity contribution in [3.05, 3.63) is 12.4 Å². The first-order valence-corrected chi connectivity index (χ1v) is 6.57. The molecule has 1 saturated heterocycles. The van der Waals surface area contributed by atoms with Gasteiger partial charge in [0, 0.05) is 18.5 Å².